The van der Waals surface area contributed by atoms with E-state index in [-0.39, 0.29) is 29.4 Å². The van der Waals surface area contributed by atoms with Crippen LogP contribution in [0.3, 0.4) is 0 Å². The highest BCUT2D eigenvalue weighted by Crippen LogP contribution is 2.42. The van der Waals surface area contributed by atoms with Crippen LogP contribution >= 0.6 is 7.60 Å². The lowest BCUT2D eigenvalue weighted by Crippen LogP contribution is -2.31. The van der Waals surface area contributed by atoms with E-state index < -0.39 is 32.1 Å². The molecule has 0 aromatic carbocycles. The van der Waals surface area contributed by atoms with Crippen LogP contribution in [0.15, 0.2) is 6.33 Å². The second kappa shape index (κ2) is 5.92. The fourth-order valence-corrected chi connectivity index (χ4v) is 2.87. The molecule has 13 heteroatoms. The monoisotopic (exact) mass is 370 g/mol. The second-order valence-corrected chi connectivity index (χ2v) is 6.99. The molecule has 3 unspecified atom stereocenters. The van der Waals surface area contributed by atoms with Crippen LogP contribution in [0.5, 0.6) is 0 Å². The summed E-state index contributed by atoms with van der Waals surface area (Å²) in [5, 5.41) is 10.3. The number of fused-ring (bicyclic) bond motifs is 1. The number of ether oxygens (including phenoxy) is 2. The molecule has 2 aromatic rings. The van der Waals surface area contributed by atoms with Crippen molar-refractivity contribution in [2.75, 3.05) is 17.8 Å². The summed E-state index contributed by atoms with van der Waals surface area (Å²) in [4.78, 5) is 29.7. The minimum Gasteiger partial charge on any atom is -0.388 e. The van der Waals surface area contributed by atoms with Crippen molar-refractivity contribution in [2.45, 2.75) is 24.5 Å². The Morgan fingerprint density at radius 3 is 2.88 bits per heavy atom. The summed E-state index contributed by atoms with van der Waals surface area (Å²) in [6.07, 6.45) is 3.27. The molecule has 1 fully saturated rings. The van der Waals surface area contributed by atoms with Gasteiger partial charge in [0.15, 0.2) is 24.0 Å². The number of aliphatic hydroxyl groups excluding tert-OH is 1. The summed E-state index contributed by atoms with van der Waals surface area (Å²) in [5.74, 6) is 0.320. The number of imidazole rings is 1. The van der Waals surface area contributed by atoms with E-state index in [9.17, 15) is 9.67 Å². The maximum absolute atomic E-state index is 11.0. The molecule has 0 spiro atoms. The first kappa shape index (κ1) is 17.6. The maximum Gasteiger partial charge on any atom is 0.351 e. The highest BCUT2D eigenvalue weighted by molar-refractivity contribution is 7.51. The largest absolute Gasteiger partial charge is 0.388 e. The number of hydrogen-bond donors (Lipinski definition) is 5. The Morgan fingerprint density at radius 1 is 1.52 bits per heavy atom. The van der Waals surface area contributed by atoms with Crippen LogP contribution in [0, 0.1) is 12.3 Å². The molecule has 1 aliphatic rings. The molecule has 1 aliphatic heterocycles. The lowest BCUT2D eigenvalue weighted by Gasteiger charge is -2.24. The standard InChI is InChI=1S/C12H15N6O6P/c1-2-12(23-5-25(20,21)22)3-6(19)10(24-12)18-4-15-7-8(13)16-11(14)17-9(7)18/h1,4,6,10,19H,3,5H2,(H2,20,21,22)(H4,13,14,16,17). The van der Waals surface area contributed by atoms with Crippen molar-refractivity contribution in [3.63, 3.8) is 0 Å². The Labute approximate surface area is 140 Å². The average molecular weight is 370 g/mol. The van der Waals surface area contributed by atoms with E-state index in [1.807, 2.05) is 0 Å². The summed E-state index contributed by atoms with van der Waals surface area (Å²) in [6.45, 7) is 0. The van der Waals surface area contributed by atoms with Crippen LogP contribution in [0.25, 0.3) is 11.2 Å². The molecule has 3 rings (SSSR count). The SMILES string of the molecule is C#CC1(OCP(=O)(O)O)CC(O)C(n2cnc3c(N)nc(N)nc32)O1. The molecule has 0 amide bonds. The molecule has 1 saturated heterocycles. The molecule has 12 nitrogen and oxygen atoms in total. The lowest BCUT2D eigenvalue weighted by atomic mass is 10.1. The van der Waals surface area contributed by atoms with Crippen LogP contribution in [-0.2, 0) is 14.0 Å². The summed E-state index contributed by atoms with van der Waals surface area (Å²) < 4.78 is 23.0. The summed E-state index contributed by atoms with van der Waals surface area (Å²) in [6, 6.07) is 0. The van der Waals surface area contributed by atoms with Gasteiger partial charge in [0.25, 0.3) is 0 Å². The smallest absolute Gasteiger partial charge is 0.351 e. The first-order valence-electron chi connectivity index (χ1n) is 6.92. The summed E-state index contributed by atoms with van der Waals surface area (Å²) >= 11 is 0. The molecular weight excluding hydrogens is 355 g/mol. The topological polar surface area (TPSA) is 192 Å². The number of hydrogen-bond acceptors (Lipinski definition) is 9. The second-order valence-electron chi connectivity index (χ2n) is 5.41. The minimum atomic E-state index is -4.48. The Hall–Kier alpha value is -2.26. The van der Waals surface area contributed by atoms with E-state index >= 15 is 0 Å². The number of aliphatic hydroxyl groups is 1. The Balaban J connectivity index is 1.94. The van der Waals surface area contributed by atoms with Gasteiger partial charge in [-0.25, -0.2) is 4.98 Å². The Bertz CT molecular complexity index is 905. The quantitative estimate of drug-likeness (QED) is 0.319. The van der Waals surface area contributed by atoms with Crippen molar-refractivity contribution in [2.24, 2.45) is 0 Å². The molecular formula is C12H15N6O6P. The fourth-order valence-electron chi connectivity index (χ4n) is 2.50. The summed E-state index contributed by atoms with van der Waals surface area (Å²) in [7, 11) is -4.48. The first-order valence-corrected chi connectivity index (χ1v) is 8.71. The molecule has 3 heterocycles. The van der Waals surface area contributed by atoms with E-state index in [4.69, 9.17) is 37.2 Å². The molecule has 2 aromatic heterocycles. The van der Waals surface area contributed by atoms with Gasteiger partial charge in [0.1, 0.15) is 11.6 Å². The van der Waals surface area contributed by atoms with Crippen LogP contribution in [0.1, 0.15) is 12.6 Å². The van der Waals surface area contributed by atoms with Crippen molar-refractivity contribution < 1.29 is 28.9 Å². The highest BCUT2D eigenvalue weighted by atomic mass is 31.2. The van der Waals surface area contributed by atoms with Gasteiger partial charge >= 0.3 is 7.60 Å². The molecule has 0 bridgehead atoms. The van der Waals surface area contributed by atoms with Crippen LogP contribution in [-0.4, -0.2) is 52.7 Å². The van der Waals surface area contributed by atoms with Crippen molar-refractivity contribution >= 4 is 30.5 Å². The average Bonchev–Trinajstić information content (AvgIpc) is 3.06. The van der Waals surface area contributed by atoms with E-state index in [1.54, 1.807) is 0 Å². The number of terminal acetylenes is 1. The zero-order valence-electron chi connectivity index (χ0n) is 12.7. The molecule has 134 valence electrons. The zero-order valence-corrected chi connectivity index (χ0v) is 13.6. The predicted molar refractivity (Wildman–Crippen MR) is 84.5 cm³/mol. The Kier molecular flexibility index (Phi) is 4.16. The number of aromatic nitrogens is 4. The van der Waals surface area contributed by atoms with Crippen LogP contribution in [0.4, 0.5) is 11.8 Å². The maximum atomic E-state index is 11.0. The number of anilines is 2. The summed E-state index contributed by atoms with van der Waals surface area (Å²) in [5.41, 5.74) is 11.8. The Morgan fingerprint density at radius 2 is 2.24 bits per heavy atom. The van der Waals surface area contributed by atoms with Gasteiger partial charge in [0.05, 0.1) is 6.33 Å². The van der Waals surface area contributed by atoms with Gasteiger partial charge in [-0.2, -0.15) is 9.97 Å². The van der Waals surface area contributed by atoms with Crippen molar-refractivity contribution in [1.29, 1.82) is 0 Å². The van der Waals surface area contributed by atoms with Crippen LogP contribution in [0.2, 0.25) is 0 Å². The van der Waals surface area contributed by atoms with Gasteiger partial charge in [-0.05, 0) is 5.92 Å². The molecule has 25 heavy (non-hydrogen) atoms. The zero-order chi connectivity index (χ0) is 18.4. The molecule has 0 aliphatic carbocycles. The minimum absolute atomic E-state index is 0.0506. The third kappa shape index (κ3) is 3.29. The van der Waals surface area contributed by atoms with Gasteiger partial charge in [0.2, 0.25) is 11.7 Å². The molecule has 0 saturated carbocycles. The van der Waals surface area contributed by atoms with Gasteiger partial charge in [-0.15, -0.1) is 6.42 Å². The highest BCUT2D eigenvalue weighted by Gasteiger charge is 2.48. The third-order valence-corrected chi connectivity index (χ3v) is 4.01. The molecule has 0 radical (unpaired) electrons. The van der Waals surface area contributed by atoms with E-state index in [1.165, 1.54) is 10.9 Å². The van der Waals surface area contributed by atoms with Crippen molar-refractivity contribution in [3.8, 4) is 12.3 Å². The van der Waals surface area contributed by atoms with Gasteiger partial charge < -0.3 is 35.8 Å². The molecule has 7 N–H and O–H groups in total. The van der Waals surface area contributed by atoms with E-state index in [2.05, 4.69) is 20.9 Å². The lowest BCUT2D eigenvalue weighted by molar-refractivity contribution is -0.194. The predicted octanol–water partition coefficient (Wildman–Crippen LogP) is -1.25. The molecule has 3 atom stereocenters. The van der Waals surface area contributed by atoms with E-state index in [0.29, 0.717) is 0 Å². The van der Waals surface area contributed by atoms with Crippen molar-refractivity contribution in [3.05, 3.63) is 6.33 Å². The van der Waals surface area contributed by atoms with Gasteiger partial charge in [-0.1, -0.05) is 0 Å². The van der Waals surface area contributed by atoms with Gasteiger partial charge in [0, 0.05) is 6.42 Å². The number of nitrogen functional groups attached to an aromatic ring is 2. The van der Waals surface area contributed by atoms with Crippen LogP contribution < -0.4 is 11.5 Å². The fraction of sp³-hybridized carbons (Fsp3) is 0.417. The third-order valence-electron chi connectivity index (χ3n) is 3.54. The number of nitrogens with zero attached hydrogens (tertiary/aromatic N) is 4. The first-order chi connectivity index (χ1) is 11.6. The van der Waals surface area contributed by atoms with E-state index in [0.717, 1.165) is 0 Å². The normalized spacial score (nSPS) is 26.8. The van der Waals surface area contributed by atoms with Gasteiger partial charge in [-0.3, -0.25) is 9.13 Å². The number of nitrogens with two attached hydrogens (primary N) is 2. The van der Waals surface area contributed by atoms with Crippen molar-refractivity contribution in [1.82, 2.24) is 19.5 Å². The number of rotatable bonds is 4.